The minimum atomic E-state index is -3.25. The Morgan fingerprint density at radius 2 is 1.04 bits per heavy atom. The Labute approximate surface area is 172 Å². The Balaban J connectivity index is 6.47. The second-order valence-corrected chi connectivity index (χ2v) is 12.7. The molecular weight excluding hydrogens is 400 g/mol. The number of carbonyl (C=O) groups is 1. The van der Waals surface area contributed by atoms with Crippen LogP contribution in [0.2, 0.25) is 0 Å². The largest absolute Gasteiger partial charge is 0.524 e. The van der Waals surface area contributed by atoms with Crippen LogP contribution in [0.5, 0.6) is 0 Å². The Morgan fingerprint density at radius 3 is 1.21 bits per heavy atom. The van der Waals surface area contributed by atoms with Gasteiger partial charge in [0.25, 0.3) is 0 Å². The van der Waals surface area contributed by atoms with Crippen molar-refractivity contribution in [2.75, 3.05) is 42.7 Å². The molecule has 0 saturated heterocycles. The van der Waals surface area contributed by atoms with Crippen molar-refractivity contribution < 1.29 is 31.4 Å². The van der Waals surface area contributed by atoms with Gasteiger partial charge in [0, 0.05) is 42.7 Å². The van der Waals surface area contributed by atoms with Crippen molar-refractivity contribution in [3.05, 3.63) is 0 Å². The summed E-state index contributed by atoms with van der Waals surface area (Å²) in [5.74, 6) is 0. The number of carbonyl (C=O) groups excluding carboxylic acids is 1. The van der Waals surface area contributed by atoms with Crippen LogP contribution in [0.3, 0.4) is 0 Å². The first-order valence-electron chi connectivity index (χ1n) is 9.72. The fourth-order valence-corrected chi connectivity index (χ4v) is 8.80. The maximum atomic E-state index is 12.8. The minimum absolute atomic E-state index is 0.487. The van der Waals surface area contributed by atoms with Crippen molar-refractivity contribution in [2.24, 2.45) is 5.73 Å². The van der Waals surface area contributed by atoms with Gasteiger partial charge in [-0.3, -0.25) is 0 Å². The standard InChI is InChI=1S/C17H40N2O7Si2/c1-9-11-13-15(27(21-3,22-4)23-5)19(17(18)20)16(14-12-10-2)28(24-6,25-7)26-8/h15-16H,9-14H2,1-8H3,(H2,18,20). The SMILES string of the molecule is CCCCC(N(C(N)=O)C(CCCC)[Si](OC)(OC)OC)[Si](OC)(OC)OC. The molecule has 0 bridgehead atoms. The van der Waals surface area contributed by atoms with Gasteiger partial charge in [-0.05, 0) is 12.8 Å². The molecule has 2 amide bonds. The topological polar surface area (TPSA) is 102 Å². The summed E-state index contributed by atoms with van der Waals surface area (Å²) in [7, 11) is 2.71. The van der Waals surface area contributed by atoms with Crippen molar-refractivity contribution in [3.8, 4) is 0 Å². The lowest BCUT2D eigenvalue weighted by Crippen LogP contribution is -2.72. The van der Waals surface area contributed by atoms with Crippen molar-refractivity contribution >= 4 is 23.6 Å². The predicted octanol–water partition coefficient (Wildman–Crippen LogP) is 2.32. The zero-order valence-corrected chi connectivity index (χ0v) is 20.8. The molecule has 9 nitrogen and oxygen atoms in total. The highest BCUT2D eigenvalue weighted by atomic mass is 28.4. The molecule has 0 fully saturated rings. The van der Waals surface area contributed by atoms with E-state index in [1.165, 1.54) is 42.7 Å². The highest BCUT2D eigenvalue weighted by molar-refractivity contribution is 6.64. The smallest absolute Gasteiger partial charge is 0.376 e. The predicted molar refractivity (Wildman–Crippen MR) is 112 cm³/mol. The average Bonchev–Trinajstić information content (AvgIpc) is 2.72. The monoisotopic (exact) mass is 440 g/mol. The molecule has 2 atom stereocenters. The van der Waals surface area contributed by atoms with Crippen LogP contribution in [0, 0.1) is 0 Å². The van der Waals surface area contributed by atoms with Crippen LogP contribution >= 0.6 is 0 Å². The van der Waals surface area contributed by atoms with E-state index < -0.39 is 35.0 Å². The number of hydrogen-bond donors (Lipinski definition) is 1. The van der Waals surface area contributed by atoms with Gasteiger partial charge >= 0.3 is 23.6 Å². The summed E-state index contributed by atoms with van der Waals surface area (Å²) < 4.78 is 34.4. The van der Waals surface area contributed by atoms with E-state index in [9.17, 15) is 4.79 Å². The lowest BCUT2D eigenvalue weighted by Gasteiger charge is -2.46. The molecule has 0 aliphatic rings. The van der Waals surface area contributed by atoms with Crippen molar-refractivity contribution in [1.82, 2.24) is 4.90 Å². The van der Waals surface area contributed by atoms with Gasteiger partial charge in [-0.2, -0.15) is 0 Å². The maximum Gasteiger partial charge on any atom is 0.524 e. The first kappa shape index (κ1) is 27.5. The van der Waals surface area contributed by atoms with E-state index in [2.05, 4.69) is 13.8 Å². The number of rotatable bonds is 16. The molecule has 0 aromatic heterocycles. The van der Waals surface area contributed by atoms with Gasteiger partial charge in [0.2, 0.25) is 0 Å². The summed E-state index contributed by atoms with van der Waals surface area (Å²) in [5.41, 5.74) is 4.93. The quantitative estimate of drug-likeness (QED) is 0.367. The number of urea groups is 1. The Morgan fingerprint density at radius 1 is 0.750 bits per heavy atom. The van der Waals surface area contributed by atoms with Gasteiger partial charge < -0.3 is 37.2 Å². The van der Waals surface area contributed by atoms with E-state index in [1.54, 1.807) is 4.90 Å². The second kappa shape index (κ2) is 13.6. The van der Waals surface area contributed by atoms with Crippen LogP contribution in [0.15, 0.2) is 0 Å². The van der Waals surface area contributed by atoms with Gasteiger partial charge in [0.05, 0.1) is 0 Å². The third kappa shape index (κ3) is 6.23. The molecule has 2 unspecified atom stereocenters. The fraction of sp³-hybridized carbons (Fsp3) is 0.941. The molecule has 0 spiro atoms. The molecule has 11 heteroatoms. The van der Waals surface area contributed by atoms with Crippen molar-refractivity contribution in [3.63, 3.8) is 0 Å². The summed E-state index contributed by atoms with van der Waals surface area (Å²) in [6.45, 7) is 4.16. The van der Waals surface area contributed by atoms with Crippen LogP contribution in [-0.2, 0) is 26.6 Å². The van der Waals surface area contributed by atoms with Gasteiger partial charge in [-0.15, -0.1) is 0 Å². The molecule has 0 aliphatic carbocycles. The molecule has 0 aliphatic heterocycles. The van der Waals surface area contributed by atoms with Gasteiger partial charge in [-0.25, -0.2) is 4.79 Å². The summed E-state index contributed by atoms with van der Waals surface area (Å²) in [6.07, 6.45) is 4.80. The summed E-state index contributed by atoms with van der Waals surface area (Å²) in [6, 6.07) is -0.603. The van der Waals surface area contributed by atoms with Gasteiger partial charge in [0.15, 0.2) is 0 Å². The highest BCUT2D eigenvalue weighted by Crippen LogP contribution is 2.31. The Kier molecular flexibility index (Phi) is 13.4. The number of nitrogens with two attached hydrogens (primary N) is 1. The number of primary amides is 1. The zero-order valence-electron chi connectivity index (χ0n) is 18.8. The first-order chi connectivity index (χ1) is 13.3. The second-order valence-electron chi connectivity index (χ2n) is 6.49. The molecule has 0 aromatic carbocycles. The highest BCUT2D eigenvalue weighted by Gasteiger charge is 2.59. The fourth-order valence-electron chi connectivity index (χ4n) is 3.61. The van der Waals surface area contributed by atoms with Crippen LogP contribution in [-0.4, -0.2) is 82.5 Å². The average molecular weight is 441 g/mol. The van der Waals surface area contributed by atoms with Crippen LogP contribution in [0.1, 0.15) is 52.4 Å². The molecule has 0 aromatic rings. The number of hydrogen-bond acceptors (Lipinski definition) is 7. The van der Waals surface area contributed by atoms with E-state index in [0.717, 1.165) is 25.7 Å². The van der Waals surface area contributed by atoms with E-state index in [-0.39, 0.29) is 0 Å². The minimum Gasteiger partial charge on any atom is -0.376 e. The first-order valence-corrected chi connectivity index (χ1v) is 13.3. The molecule has 0 saturated carbocycles. The Hall–Kier alpha value is -0.536. The summed E-state index contributed by atoms with van der Waals surface area (Å²) in [4.78, 5) is 14.3. The number of amides is 2. The number of nitrogens with zero attached hydrogens (tertiary/aromatic N) is 1. The normalized spacial score (nSPS) is 14.7. The van der Waals surface area contributed by atoms with E-state index in [1.807, 2.05) is 0 Å². The van der Waals surface area contributed by atoms with Gasteiger partial charge in [-0.1, -0.05) is 39.5 Å². The van der Waals surface area contributed by atoms with E-state index in [4.69, 9.17) is 32.3 Å². The lowest BCUT2D eigenvalue weighted by atomic mass is 10.2. The van der Waals surface area contributed by atoms with Crippen molar-refractivity contribution in [2.45, 2.75) is 63.7 Å². The third-order valence-corrected chi connectivity index (χ3v) is 11.3. The molecule has 2 N–H and O–H groups in total. The third-order valence-electron chi connectivity index (χ3n) is 5.11. The molecule has 0 rings (SSSR count). The molecule has 28 heavy (non-hydrogen) atoms. The molecule has 168 valence electrons. The Bertz CT molecular complexity index is 389. The summed E-state index contributed by atoms with van der Waals surface area (Å²) in [5, 5.41) is 0. The summed E-state index contributed by atoms with van der Waals surface area (Å²) >= 11 is 0. The maximum absolute atomic E-state index is 12.8. The van der Waals surface area contributed by atoms with Gasteiger partial charge in [0.1, 0.15) is 11.3 Å². The van der Waals surface area contributed by atoms with Crippen molar-refractivity contribution in [1.29, 1.82) is 0 Å². The van der Waals surface area contributed by atoms with E-state index >= 15 is 0 Å². The molecular formula is C17H40N2O7Si2. The lowest BCUT2D eigenvalue weighted by molar-refractivity contribution is 0.0463. The molecule has 0 heterocycles. The van der Waals surface area contributed by atoms with Crippen LogP contribution in [0.4, 0.5) is 4.79 Å². The van der Waals surface area contributed by atoms with Crippen LogP contribution in [0.25, 0.3) is 0 Å². The van der Waals surface area contributed by atoms with E-state index in [0.29, 0.717) is 12.8 Å². The zero-order chi connectivity index (χ0) is 21.8. The number of unbranched alkanes of at least 4 members (excludes halogenated alkanes) is 2. The molecule has 0 radical (unpaired) electrons. The van der Waals surface area contributed by atoms with Crippen LogP contribution < -0.4 is 5.73 Å².